The second-order valence-corrected chi connectivity index (χ2v) is 10.2. The van der Waals surface area contributed by atoms with E-state index >= 15 is 0 Å². The van der Waals surface area contributed by atoms with Crippen LogP contribution in [0.25, 0.3) is 0 Å². The minimum atomic E-state index is -3.69. The highest BCUT2D eigenvalue weighted by molar-refractivity contribution is 7.89. The van der Waals surface area contributed by atoms with Gasteiger partial charge in [-0.1, -0.05) is 30.3 Å². The molecule has 1 N–H and O–H groups in total. The second kappa shape index (κ2) is 8.49. The lowest BCUT2D eigenvalue weighted by Crippen LogP contribution is -2.30. The highest BCUT2D eigenvalue weighted by atomic mass is 32.2. The van der Waals surface area contributed by atoms with Crippen molar-refractivity contribution in [2.45, 2.75) is 25.3 Å². The van der Waals surface area contributed by atoms with Crippen LogP contribution < -0.4 is 9.62 Å². The largest absolute Gasteiger partial charge is 0.313 e. The Kier molecular flexibility index (Phi) is 5.76. The highest BCUT2D eigenvalue weighted by Crippen LogP contribution is 2.47. The molecule has 1 aliphatic carbocycles. The van der Waals surface area contributed by atoms with E-state index in [0.717, 1.165) is 35.2 Å². The molecule has 1 aliphatic rings. The topological polar surface area (TPSA) is 103 Å². The number of carbonyl (C=O) groups excluding carboxylic acids is 1. The van der Waals surface area contributed by atoms with Crippen LogP contribution in [-0.2, 0) is 16.6 Å². The minimum absolute atomic E-state index is 0.166. The molecular formula is C22H20N4O3S2. The average Bonchev–Trinajstić information content (AvgIpc) is 3.50. The SMILES string of the molecule is CS(=O)(=O)NC(=O)c1nc(N(Cc2ccccc2)c2ccc(C#N)cc2)sc1C1CC1. The molecule has 1 heterocycles. The number of benzene rings is 2. The third-order valence-electron chi connectivity index (χ3n) is 4.81. The van der Waals surface area contributed by atoms with Crippen molar-refractivity contribution < 1.29 is 13.2 Å². The van der Waals surface area contributed by atoms with Crippen molar-refractivity contribution in [3.05, 3.63) is 76.3 Å². The Bertz CT molecular complexity index is 1240. The van der Waals surface area contributed by atoms with Gasteiger partial charge in [0.25, 0.3) is 5.91 Å². The van der Waals surface area contributed by atoms with Gasteiger partial charge in [-0.05, 0) is 48.6 Å². The fourth-order valence-electron chi connectivity index (χ4n) is 3.19. The third kappa shape index (κ3) is 5.10. The first-order chi connectivity index (χ1) is 14.8. The molecule has 0 aliphatic heterocycles. The number of aromatic nitrogens is 1. The molecule has 3 aromatic rings. The van der Waals surface area contributed by atoms with E-state index in [9.17, 15) is 13.2 Å². The lowest BCUT2D eigenvalue weighted by atomic mass is 10.2. The van der Waals surface area contributed by atoms with Gasteiger partial charge in [-0.3, -0.25) is 4.79 Å². The summed E-state index contributed by atoms with van der Waals surface area (Å²) in [4.78, 5) is 20.0. The van der Waals surface area contributed by atoms with Crippen LogP contribution in [0, 0.1) is 11.3 Å². The average molecular weight is 453 g/mol. The van der Waals surface area contributed by atoms with Gasteiger partial charge in [-0.2, -0.15) is 5.26 Å². The molecule has 31 heavy (non-hydrogen) atoms. The number of nitriles is 1. The van der Waals surface area contributed by atoms with Crippen molar-refractivity contribution >= 4 is 38.1 Å². The number of nitrogens with one attached hydrogen (secondary N) is 1. The number of thiazole rings is 1. The molecule has 7 nitrogen and oxygen atoms in total. The van der Waals surface area contributed by atoms with E-state index in [0.29, 0.717) is 17.2 Å². The first-order valence-electron chi connectivity index (χ1n) is 9.68. The molecule has 1 aromatic heterocycles. The molecule has 0 unspecified atom stereocenters. The fourth-order valence-corrected chi connectivity index (χ4v) is 4.87. The van der Waals surface area contributed by atoms with Crippen molar-refractivity contribution in [1.82, 2.24) is 9.71 Å². The summed E-state index contributed by atoms with van der Waals surface area (Å²) in [6.45, 7) is 0.511. The van der Waals surface area contributed by atoms with E-state index < -0.39 is 15.9 Å². The molecule has 2 aromatic carbocycles. The molecule has 1 amide bonds. The molecule has 0 spiro atoms. The van der Waals surface area contributed by atoms with Crippen molar-refractivity contribution in [1.29, 1.82) is 5.26 Å². The maximum atomic E-state index is 12.6. The Morgan fingerprint density at radius 2 is 1.87 bits per heavy atom. The van der Waals surface area contributed by atoms with Crippen molar-refractivity contribution in [3.63, 3.8) is 0 Å². The Morgan fingerprint density at radius 1 is 1.19 bits per heavy atom. The minimum Gasteiger partial charge on any atom is -0.313 e. The van der Waals surface area contributed by atoms with Gasteiger partial charge in [-0.25, -0.2) is 18.1 Å². The Balaban J connectivity index is 1.76. The normalized spacial score (nSPS) is 13.4. The highest BCUT2D eigenvalue weighted by Gasteiger charge is 2.33. The molecule has 4 rings (SSSR count). The summed E-state index contributed by atoms with van der Waals surface area (Å²) in [6.07, 6.45) is 2.86. The van der Waals surface area contributed by atoms with Crippen molar-refractivity contribution in [2.75, 3.05) is 11.2 Å². The third-order valence-corrected chi connectivity index (χ3v) is 6.60. The van der Waals surface area contributed by atoms with E-state index in [1.165, 1.54) is 11.3 Å². The smallest absolute Gasteiger partial charge is 0.284 e. The van der Waals surface area contributed by atoms with E-state index in [-0.39, 0.29) is 11.6 Å². The number of amides is 1. The number of hydrogen-bond acceptors (Lipinski definition) is 7. The van der Waals surface area contributed by atoms with Gasteiger partial charge >= 0.3 is 0 Å². The van der Waals surface area contributed by atoms with Gasteiger partial charge in [0.05, 0.1) is 24.4 Å². The van der Waals surface area contributed by atoms with Crippen LogP contribution in [0.15, 0.2) is 54.6 Å². The molecule has 158 valence electrons. The summed E-state index contributed by atoms with van der Waals surface area (Å²) in [5, 5.41) is 9.72. The van der Waals surface area contributed by atoms with Crippen molar-refractivity contribution in [2.24, 2.45) is 0 Å². The first-order valence-corrected chi connectivity index (χ1v) is 12.4. The van der Waals surface area contributed by atoms with Crippen LogP contribution in [-0.4, -0.2) is 25.6 Å². The van der Waals surface area contributed by atoms with E-state index in [4.69, 9.17) is 5.26 Å². The summed E-state index contributed by atoms with van der Waals surface area (Å²) < 4.78 is 25.2. The molecule has 0 radical (unpaired) electrons. The summed E-state index contributed by atoms with van der Waals surface area (Å²) in [5.74, 6) is -0.475. The van der Waals surface area contributed by atoms with Crippen LogP contribution in [0.4, 0.5) is 10.8 Å². The number of carbonyl (C=O) groups is 1. The molecular weight excluding hydrogens is 432 g/mol. The summed E-state index contributed by atoms with van der Waals surface area (Å²) in [6, 6.07) is 19.1. The summed E-state index contributed by atoms with van der Waals surface area (Å²) >= 11 is 1.41. The monoisotopic (exact) mass is 452 g/mol. The predicted molar refractivity (Wildman–Crippen MR) is 120 cm³/mol. The quantitative estimate of drug-likeness (QED) is 0.583. The number of hydrogen-bond donors (Lipinski definition) is 1. The number of anilines is 2. The van der Waals surface area contributed by atoms with E-state index in [1.54, 1.807) is 12.1 Å². The van der Waals surface area contributed by atoms with E-state index in [2.05, 4.69) is 11.1 Å². The van der Waals surface area contributed by atoms with Crippen LogP contribution in [0.2, 0.25) is 0 Å². The van der Waals surface area contributed by atoms with Gasteiger partial charge < -0.3 is 4.90 Å². The molecule has 9 heteroatoms. The Hall–Kier alpha value is -3.22. The maximum Gasteiger partial charge on any atom is 0.284 e. The lowest BCUT2D eigenvalue weighted by Gasteiger charge is -2.22. The molecule has 0 bridgehead atoms. The summed E-state index contributed by atoms with van der Waals surface area (Å²) in [7, 11) is -3.69. The van der Waals surface area contributed by atoms with Crippen LogP contribution >= 0.6 is 11.3 Å². The van der Waals surface area contributed by atoms with Gasteiger partial charge in [0.1, 0.15) is 5.69 Å². The Morgan fingerprint density at radius 3 is 2.45 bits per heavy atom. The van der Waals surface area contributed by atoms with Gasteiger partial charge in [0.2, 0.25) is 10.0 Å². The zero-order valence-corrected chi connectivity index (χ0v) is 18.4. The standard InChI is InChI=1S/C22H20N4O3S2/c1-31(28,29)25-21(27)19-20(17-9-10-17)30-22(24-19)26(14-16-5-3-2-4-6-16)18-11-7-15(13-23)8-12-18/h2-8,11-12,17H,9-10,14H2,1H3,(H,25,27). The number of rotatable bonds is 7. The molecule has 0 atom stereocenters. The van der Waals surface area contributed by atoms with Gasteiger partial charge in [0, 0.05) is 10.6 Å². The first kappa shape index (κ1) is 21.0. The molecule has 1 saturated carbocycles. The maximum absolute atomic E-state index is 12.6. The fraction of sp³-hybridized carbons (Fsp3) is 0.227. The second-order valence-electron chi connectivity index (χ2n) is 7.42. The summed E-state index contributed by atoms with van der Waals surface area (Å²) in [5.41, 5.74) is 2.60. The van der Waals surface area contributed by atoms with Crippen LogP contribution in [0.1, 0.15) is 45.3 Å². The van der Waals surface area contributed by atoms with Crippen LogP contribution in [0.3, 0.4) is 0 Å². The molecule has 1 fully saturated rings. The van der Waals surface area contributed by atoms with Crippen LogP contribution in [0.5, 0.6) is 0 Å². The molecule has 0 saturated heterocycles. The number of nitrogens with zero attached hydrogens (tertiary/aromatic N) is 3. The van der Waals surface area contributed by atoms with Gasteiger partial charge in [-0.15, -0.1) is 11.3 Å². The van der Waals surface area contributed by atoms with E-state index in [1.807, 2.05) is 52.1 Å². The zero-order chi connectivity index (χ0) is 22.0. The lowest BCUT2D eigenvalue weighted by molar-refractivity contribution is 0.0976. The zero-order valence-electron chi connectivity index (χ0n) is 16.8. The predicted octanol–water partition coefficient (Wildman–Crippen LogP) is 3.92. The Labute approximate surface area is 185 Å². The van der Waals surface area contributed by atoms with Gasteiger partial charge in [0.15, 0.2) is 5.13 Å². The number of sulfonamides is 1. The van der Waals surface area contributed by atoms with Crippen molar-refractivity contribution in [3.8, 4) is 6.07 Å².